The normalized spacial score (nSPS) is 42.4. The van der Waals surface area contributed by atoms with Gasteiger partial charge in [-0.3, -0.25) is 9.80 Å². The van der Waals surface area contributed by atoms with Crippen molar-refractivity contribution >= 4 is 24.8 Å². The summed E-state index contributed by atoms with van der Waals surface area (Å²) in [7, 11) is 0. The number of hydrogen-bond acceptors (Lipinski definition) is 3. The van der Waals surface area contributed by atoms with Crippen LogP contribution in [-0.2, 0) is 0 Å². The number of aliphatic hydroxyl groups excluding tert-OH is 1. The van der Waals surface area contributed by atoms with Crippen LogP contribution in [-0.4, -0.2) is 59.8 Å². The van der Waals surface area contributed by atoms with Crippen molar-refractivity contribution in [2.75, 3.05) is 39.3 Å². The molecule has 0 atom stereocenters. The Morgan fingerprint density at radius 2 is 1.29 bits per heavy atom. The topological polar surface area (TPSA) is 26.7 Å². The molecular formula is C16H30Cl2N2O. The zero-order valence-corrected chi connectivity index (χ0v) is 14.5. The molecule has 5 aliphatic rings. The predicted molar refractivity (Wildman–Crippen MR) is 90.5 cm³/mol. The van der Waals surface area contributed by atoms with Gasteiger partial charge in [-0.15, -0.1) is 24.8 Å². The monoisotopic (exact) mass is 336 g/mol. The van der Waals surface area contributed by atoms with E-state index in [1.807, 2.05) is 0 Å². The van der Waals surface area contributed by atoms with Gasteiger partial charge < -0.3 is 5.11 Å². The highest BCUT2D eigenvalue weighted by molar-refractivity contribution is 5.85. The molecule has 4 bridgehead atoms. The van der Waals surface area contributed by atoms with Crippen molar-refractivity contribution in [2.45, 2.75) is 44.1 Å². The zero-order valence-electron chi connectivity index (χ0n) is 12.9. The van der Waals surface area contributed by atoms with E-state index < -0.39 is 0 Å². The average Bonchev–Trinajstić information content (AvgIpc) is 2.38. The Morgan fingerprint density at radius 1 is 0.810 bits per heavy atom. The van der Waals surface area contributed by atoms with E-state index in [2.05, 4.69) is 9.80 Å². The Hall–Kier alpha value is 0.460. The lowest BCUT2D eigenvalue weighted by Gasteiger charge is -2.61. The van der Waals surface area contributed by atoms with Crippen LogP contribution in [0.25, 0.3) is 0 Å². The van der Waals surface area contributed by atoms with Gasteiger partial charge in [0.05, 0.1) is 6.61 Å². The van der Waals surface area contributed by atoms with Crippen LogP contribution in [0.1, 0.15) is 38.5 Å². The fraction of sp³-hybridized carbons (Fsp3) is 1.00. The van der Waals surface area contributed by atoms with Crippen LogP contribution in [0.2, 0.25) is 0 Å². The number of halogens is 2. The molecular weight excluding hydrogens is 307 g/mol. The molecule has 0 amide bonds. The van der Waals surface area contributed by atoms with E-state index in [9.17, 15) is 0 Å². The summed E-state index contributed by atoms with van der Waals surface area (Å²) in [6.45, 7) is 6.01. The summed E-state index contributed by atoms with van der Waals surface area (Å²) in [5.74, 6) is 3.17. The second-order valence-corrected chi connectivity index (χ2v) is 7.69. The van der Waals surface area contributed by atoms with Gasteiger partial charge in [0.2, 0.25) is 0 Å². The molecule has 3 nitrogen and oxygen atoms in total. The van der Waals surface area contributed by atoms with Crippen molar-refractivity contribution in [3.8, 4) is 0 Å². The van der Waals surface area contributed by atoms with Crippen LogP contribution < -0.4 is 0 Å². The van der Waals surface area contributed by atoms with Gasteiger partial charge in [0.25, 0.3) is 0 Å². The minimum Gasteiger partial charge on any atom is -0.395 e. The number of piperazine rings is 1. The molecule has 0 radical (unpaired) electrons. The zero-order chi connectivity index (χ0) is 12.9. The Morgan fingerprint density at radius 3 is 1.71 bits per heavy atom. The standard InChI is InChI=1S/C16H28N2O.2ClH/c19-6-5-17-1-3-18(4-2-17)16-10-13-7-14(11-16)9-15(8-13)12-16;;/h13-15,19H,1-12H2;2*1H. The SMILES string of the molecule is Cl.Cl.OCCN1CCN(C23CC4CC(CC(C4)C2)C3)CC1. The van der Waals surface area contributed by atoms with Gasteiger partial charge in [-0.05, 0) is 56.3 Å². The van der Waals surface area contributed by atoms with Crippen LogP contribution in [0.15, 0.2) is 0 Å². The molecule has 5 fully saturated rings. The Bertz CT molecular complexity index is 310. The van der Waals surface area contributed by atoms with Crippen LogP contribution in [0, 0.1) is 17.8 Å². The van der Waals surface area contributed by atoms with E-state index in [1.165, 1.54) is 45.4 Å². The van der Waals surface area contributed by atoms with Crippen molar-refractivity contribution in [3.63, 3.8) is 0 Å². The highest BCUT2D eigenvalue weighted by Crippen LogP contribution is 2.57. The lowest BCUT2D eigenvalue weighted by atomic mass is 9.52. The van der Waals surface area contributed by atoms with E-state index in [1.54, 1.807) is 19.3 Å². The Kier molecular flexibility index (Phi) is 5.87. The van der Waals surface area contributed by atoms with Crippen molar-refractivity contribution in [1.82, 2.24) is 9.80 Å². The summed E-state index contributed by atoms with van der Waals surface area (Å²) in [5, 5.41) is 9.06. The quantitative estimate of drug-likeness (QED) is 0.857. The molecule has 0 aromatic carbocycles. The van der Waals surface area contributed by atoms with Crippen LogP contribution >= 0.6 is 24.8 Å². The summed E-state index contributed by atoms with van der Waals surface area (Å²) in [6.07, 6.45) is 9.13. The maximum Gasteiger partial charge on any atom is 0.0558 e. The molecule has 1 heterocycles. The molecule has 124 valence electrons. The van der Waals surface area contributed by atoms with Crippen molar-refractivity contribution < 1.29 is 5.11 Å². The third-order valence-electron chi connectivity index (χ3n) is 6.47. The predicted octanol–water partition coefficient (Wildman–Crippen LogP) is 2.41. The maximum absolute atomic E-state index is 9.06. The van der Waals surface area contributed by atoms with Crippen molar-refractivity contribution in [1.29, 1.82) is 0 Å². The molecule has 1 N–H and O–H groups in total. The third-order valence-corrected chi connectivity index (χ3v) is 6.47. The van der Waals surface area contributed by atoms with Crippen LogP contribution in [0.3, 0.4) is 0 Å². The molecule has 1 aliphatic heterocycles. The molecule has 0 aromatic rings. The molecule has 0 spiro atoms. The van der Waals surface area contributed by atoms with E-state index in [4.69, 9.17) is 5.11 Å². The van der Waals surface area contributed by atoms with Gasteiger partial charge in [0.1, 0.15) is 0 Å². The lowest BCUT2D eigenvalue weighted by molar-refractivity contribution is -0.101. The van der Waals surface area contributed by atoms with Gasteiger partial charge in [-0.25, -0.2) is 0 Å². The second-order valence-electron chi connectivity index (χ2n) is 7.69. The number of hydrogen-bond donors (Lipinski definition) is 1. The van der Waals surface area contributed by atoms with E-state index >= 15 is 0 Å². The molecule has 0 unspecified atom stereocenters. The smallest absolute Gasteiger partial charge is 0.0558 e. The summed E-state index contributed by atoms with van der Waals surface area (Å²) in [6, 6.07) is 0. The van der Waals surface area contributed by atoms with Gasteiger partial charge in [0.15, 0.2) is 0 Å². The Labute approximate surface area is 141 Å². The number of nitrogens with zero attached hydrogens (tertiary/aromatic N) is 2. The van der Waals surface area contributed by atoms with Crippen LogP contribution in [0.4, 0.5) is 0 Å². The molecule has 5 rings (SSSR count). The largest absolute Gasteiger partial charge is 0.395 e. The highest BCUT2D eigenvalue weighted by atomic mass is 35.5. The average molecular weight is 337 g/mol. The van der Waals surface area contributed by atoms with E-state index in [0.717, 1.165) is 24.3 Å². The summed E-state index contributed by atoms with van der Waals surface area (Å²) in [5.41, 5.74) is 0.597. The number of rotatable bonds is 3. The lowest BCUT2D eigenvalue weighted by Crippen LogP contribution is -2.63. The molecule has 21 heavy (non-hydrogen) atoms. The van der Waals surface area contributed by atoms with Crippen molar-refractivity contribution in [2.24, 2.45) is 17.8 Å². The van der Waals surface area contributed by atoms with Gasteiger partial charge >= 0.3 is 0 Å². The maximum atomic E-state index is 9.06. The Balaban J connectivity index is 0.000000807. The first-order chi connectivity index (χ1) is 9.27. The molecule has 4 saturated carbocycles. The molecule has 0 aromatic heterocycles. The van der Waals surface area contributed by atoms with Crippen LogP contribution in [0.5, 0.6) is 0 Å². The van der Waals surface area contributed by atoms with Gasteiger partial charge in [0, 0.05) is 38.3 Å². The number of β-amino-alcohol motifs (C(OH)–C–C–N with tert-alkyl or cyclic N) is 1. The summed E-state index contributed by atoms with van der Waals surface area (Å²) in [4.78, 5) is 5.28. The number of aliphatic hydroxyl groups is 1. The highest BCUT2D eigenvalue weighted by Gasteiger charge is 2.53. The molecule has 1 saturated heterocycles. The van der Waals surface area contributed by atoms with Gasteiger partial charge in [-0.1, -0.05) is 0 Å². The minimum absolute atomic E-state index is 0. The molecule has 4 aliphatic carbocycles. The third kappa shape index (κ3) is 3.23. The first kappa shape index (κ1) is 17.8. The first-order valence-electron chi connectivity index (χ1n) is 8.36. The summed E-state index contributed by atoms with van der Waals surface area (Å²) < 4.78 is 0. The molecule has 5 heteroatoms. The first-order valence-corrected chi connectivity index (χ1v) is 8.36. The second kappa shape index (κ2) is 6.92. The fourth-order valence-corrected chi connectivity index (χ4v) is 6.04. The van der Waals surface area contributed by atoms with Crippen molar-refractivity contribution in [3.05, 3.63) is 0 Å². The van der Waals surface area contributed by atoms with Gasteiger partial charge in [-0.2, -0.15) is 0 Å². The minimum atomic E-state index is 0. The fourth-order valence-electron chi connectivity index (χ4n) is 6.04. The van der Waals surface area contributed by atoms with E-state index in [-0.39, 0.29) is 24.8 Å². The summed E-state index contributed by atoms with van der Waals surface area (Å²) >= 11 is 0. The van der Waals surface area contributed by atoms with E-state index in [0.29, 0.717) is 12.1 Å².